The van der Waals surface area contributed by atoms with Crippen LogP contribution in [0.3, 0.4) is 0 Å². The summed E-state index contributed by atoms with van der Waals surface area (Å²) in [6, 6.07) is 17.1. The van der Waals surface area contributed by atoms with Crippen LogP contribution in [0.15, 0.2) is 70.3 Å². The number of hydrogen-bond donors (Lipinski definition) is 2. The van der Waals surface area contributed by atoms with Crippen molar-refractivity contribution in [3.05, 3.63) is 77.2 Å². The van der Waals surface area contributed by atoms with Crippen molar-refractivity contribution in [1.29, 1.82) is 0 Å². The summed E-state index contributed by atoms with van der Waals surface area (Å²) >= 11 is 0. The molecule has 0 bridgehead atoms. The van der Waals surface area contributed by atoms with Gasteiger partial charge in [0.1, 0.15) is 11.6 Å². The van der Waals surface area contributed by atoms with Crippen molar-refractivity contribution >= 4 is 17.2 Å². The molecule has 0 saturated heterocycles. The fraction of sp³-hybridized carbons (Fsp3) is 0.105. The van der Waals surface area contributed by atoms with Gasteiger partial charge in [-0.25, -0.2) is 4.99 Å². The van der Waals surface area contributed by atoms with Crippen molar-refractivity contribution in [3.8, 4) is 5.75 Å². The van der Waals surface area contributed by atoms with E-state index in [0.29, 0.717) is 17.1 Å². The van der Waals surface area contributed by atoms with E-state index >= 15 is 0 Å². The van der Waals surface area contributed by atoms with Gasteiger partial charge in [-0.05, 0) is 48.0 Å². The normalized spacial score (nSPS) is 16.3. The van der Waals surface area contributed by atoms with Crippen LogP contribution in [-0.4, -0.2) is 7.11 Å². The molecule has 4 N–H and O–H groups in total. The van der Waals surface area contributed by atoms with Crippen LogP contribution in [-0.2, 0) is 0 Å². The third-order valence-electron chi connectivity index (χ3n) is 4.25. The minimum Gasteiger partial charge on any atom is -0.497 e. The highest BCUT2D eigenvalue weighted by atomic mass is 16.5. The van der Waals surface area contributed by atoms with Gasteiger partial charge >= 0.3 is 0 Å². The fourth-order valence-corrected chi connectivity index (χ4v) is 2.94. The second-order valence-corrected chi connectivity index (χ2v) is 5.76. The van der Waals surface area contributed by atoms with Gasteiger partial charge in [0.2, 0.25) is 5.55 Å². The highest BCUT2D eigenvalue weighted by Crippen LogP contribution is 2.32. The number of rotatable bonds is 3. The zero-order valence-electron chi connectivity index (χ0n) is 13.7. The number of methoxy groups -OCH3 is 1. The Bertz CT molecular complexity index is 1010. The first-order valence-corrected chi connectivity index (χ1v) is 7.87. The van der Waals surface area contributed by atoms with E-state index in [4.69, 9.17) is 25.6 Å². The van der Waals surface area contributed by atoms with E-state index in [-0.39, 0.29) is 6.17 Å². The van der Waals surface area contributed by atoms with Crippen molar-refractivity contribution in [1.82, 2.24) is 0 Å². The Labute approximate surface area is 144 Å². The van der Waals surface area contributed by atoms with Crippen molar-refractivity contribution in [2.24, 2.45) is 10.7 Å². The molecule has 4 rings (SSSR count). The maximum Gasteiger partial charge on any atom is 0.227 e. The number of fused-ring (bicyclic) bond motifs is 1. The quantitative estimate of drug-likeness (QED) is 0.712. The van der Waals surface area contributed by atoms with Crippen LogP contribution in [0.2, 0.25) is 0 Å². The average Bonchev–Trinajstić information content (AvgIpc) is 3.12. The van der Waals surface area contributed by atoms with Crippen LogP contribution in [0.4, 0.5) is 11.4 Å². The molecular formula is C19H18N4O2. The summed E-state index contributed by atoms with van der Waals surface area (Å²) in [4.78, 5) is 6.72. The predicted molar refractivity (Wildman–Crippen MR) is 96.2 cm³/mol. The highest BCUT2D eigenvalue weighted by Gasteiger charge is 2.27. The largest absolute Gasteiger partial charge is 0.497 e. The molecule has 1 aromatic heterocycles. The Balaban J connectivity index is 1.88. The van der Waals surface area contributed by atoms with Crippen molar-refractivity contribution < 1.29 is 9.15 Å². The maximum atomic E-state index is 6.46. The van der Waals surface area contributed by atoms with E-state index in [1.54, 1.807) is 13.4 Å². The minimum absolute atomic E-state index is 0.340. The number of nitrogens with zero attached hydrogens (tertiary/aromatic N) is 2. The molecule has 0 radical (unpaired) electrons. The maximum absolute atomic E-state index is 6.46. The summed E-state index contributed by atoms with van der Waals surface area (Å²) in [5.41, 5.74) is 15.4. The standard InChI is InChI=1S/C19H18N4O2/c1-24-15-8-2-12(3-9-15)18-22-19-16(10-11-25-19)17(21)23(18)14-6-4-13(20)5-7-14/h2-11,18H,20-21H2,1H3. The van der Waals surface area contributed by atoms with Crippen LogP contribution >= 0.6 is 0 Å². The van der Waals surface area contributed by atoms with Gasteiger partial charge in [0, 0.05) is 11.4 Å². The summed E-state index contributed by atoms with van der Waals surface area (Å²) in [7, 11) is 1.64. The van der Waals surface area contributed by atoms with Crippen molar-refractivity contribution in [2.75, 3.05) is 17.7 Å². The Morgan fingerprint density at radius 3 is 2.40 bits per heavy atom. The first-order chi connectivity index (χ1) is 12.2. The molecule has 0 amide bonds. The summed E-state index contributed by atoms with van der Waals surface area (Å²) in [6.07, 6.45) is 1.26. The lowest BCUT2D eigenvalue weighted by Crippen LogP contribution is -2.43. The van der Waals surface area contributed by atoms with Crippen LogP contribution in [0, 0.1) is 0 Å². The summed E-state index contributed by atoms with van der Waals surface area (Å²) in [6.45, 7) is 0. The molecule has 0 saturated carbocycles. The molecular weight excluding hydrogens is 316 g/mol. The molecule has 0 spiro atoms. The lowest BCUT2D eigenvalue weighted by atomic mass is 10.1. The molecule has 1 atom stereocenters. The predicted octanol–water partition coefficient (Wildman–Crippen LogP) is 1.73. The van der Waals surface area contributed by atoms with E-state index in [9.17, 15) is 0 Å². The second kappa shape index (κ2) is 5.90. The number of furan rings is 1. The van der Waals surface area contributed by atoms with Crippen LogP contribution in [0.5, 0.6) is 5.75 Å². The van der Waals surface area contributed by atoms with Gasteiger partial charge < -0.3 is 25.5 Å². The number of anilines is 2. The third kappa shape index (κ3) is 2.57. The number of benzene rings is 2. The number of hydrogen-bond acceptors (Lipinski definition) is 6. The molecule has 6 nitrogen and oxygen atoms in total. The molecule has 2 aromatic carbocycles. The van der Waals surface area contributed by atoms with Crippen LogP contribution in [0.1, 0.15) is 11.7 Å². The van der Waals surface area contributed by atoms with E-state index in [1.807, 2.05) is 59.5 Å². The molecule has 1 unspecified atom stereocenters. The average molecular weight is 334 g/mol. The van der Waals surface area contributed by atoms with Crippen molar-refractivity contribution in [3.63, 3.8) is 0 Å². The van der Waals surface area contributed by atoms with Crippen molar-refractivity contribution in [2.45, 2.75) is 6.17 Å². The first-order valence-electron chi connectivity index (χ1n) is 7.87. The Morgan fingerprint density at radius 1 is 1.00 bits per heavy atom. The number of nitrogens with two attached hydrogens (primary N) is 2. The molecule has 0 aliphatic carbocycles. The van der Waals surface area contributed by atoms with E-state index in [1.165, 1.54) is 0 Å². The van der Waals surface area contributed by atoms with E-state index in [0.717, 1.165) is 22.2 Å². The van der Waals surface area contributed by atoms with Crippen LogP contribution in [0.25, 0.3) is 5.82 Å². The smallest absolute Gasteiger partial charge is 0.227 e. The molecule has 126 valence electrons. The zero-order valence-corrected chi connectivity index (χ0v) is 13.7. The zero-order chi connectivity index (χ0) is 17.4. The number of nitrogen functional groups attached to an aromatic ring is 1. The molecule has 0 fully saturated rings. The molecule has 1 aliphatic rings. The minimum atomic E-state index is -0.340. The Kier molecular flexibility index (Phi) is 3.57. The third-order valence-corrected chi connectivity index (χ3v) is 4.25. The summed E-state index contributed by atoms with van der Waals surface area (Å²) < 4.78 is 10.7. The molecule has 25 heavy (non-hydrogen) atoms. The highest BCUT2D eigenvalue weighted by molar-refractivity contribution is 5.69. The van der Waals surface area contributed by atoms with Gasteiger partial charge in [-0.15, -0.1) is 0 Å². The fourth-order valence-electron chi connectivity index (χ4n) is 2.94. The lowest BCUT2D eigenvalue weighted by Gasteiger charge is -2.32. The summed E-state index contributed by atoms with van der Waals surface area (Å²) in [5, 5.41) is 0.779. The molecule has 3 aromatic rings. The molecule has 6 heteroatoms. The van der Waals surface area contributed by atoms with Crippen LogP contribution < -0.4 is 31.9 Å². The monoisotopic (exact) mass is 334 g/mol. The molecule has 1 aliphatic heterocycles. The SMILES string of the molecule is COc1ccc(C2N=c3occc3=C(N)N2c2ccc(N)cc2)cc1. The molecule has 2 heterocycles. The Hall–Kier alpha value is -3.41. The lowest BCUT2D eigenvalue weighted by molar-refractivity contribution is 0.414. The second-order valence-electron chi connectivity index (χ2n) is 5.76. The number of ether oxygens (including phenoxy) is 1. The van der Waals surface area contributed by atoms with Gasteiger partial charge in [0.05, 0.1) is 18.6 Å². The van der Waals surface area contributed by atoms with Gasteiger partial charge in [-0.2, -0.15) is 0 Å². The van der Waals surface area contributed by atoms with Gasteiger partial charge in [-0.1, -0.05) is 12.1 Å². The van der Waals surface area contributed by atoms with Gasteiger partial charge in [0.25, 0.3) is 0 Å². The first kappa shape index (κ1) is 15.1. The Morgan fingerprint density at radius 2 is 1.72 bits per heavy atom. The van der Waals surface area contributed by atoms with E-state index < -0.39 is 0 Å². The topological polar surface area (TPSA) is 90.0 Å². The van der Waals surface area contributed by atoms with Gasteiger partial charge in [0.15, 0.2) is 6.17 Å². The van der Waals surface area contributed by atoms with Gasteiger partial charge in [-0.3, -0.25) is 0 Å². The van der Waals surface area contributed by atoms with E-state index in [2.05, 4.69) is 0 Å². The summed E-state index contributed by atoms with van der Waals surface area (Å²) in [5.74, 6) is 1.37.